The molecule has 0 atom stereocenters. The van der Waals surface area contributed by atoms with E-state index in [-0.39, 0.29) is 17.2 Å². The Morgan fingerprint density at radius 2 is 2.08 bits per heavy atom. The molecule has 3 aromatic rings. The van der Waals surface area contributed by atoms with Crippen LogP contribution in [-0.4, -0.2) is 24.0 Å². The van der Waals surface area contributed by atoms with Crippen molar-refractivity contribution >= 4 is 16.7 Å². The molecule has 0 aliphatic rings. The van der Waals surface area contributed by atoms with E-state index in [1.54, 1.807) is 24.5 Å². The van der Waals surface area contributed by atoms with E-state index < -0.39 is 0 Å². The van der Waals surface area contributed by atoms with E-state index in [9.17, 15) is 9.59 Å². The first-order chi connectivity index (χ1) is 11.7. The van der Waals surface area contributed by atoms with Gasteiger partial charge in [-0.1, -0.05) is 18.2 Å². The number of H-pyrrole nitrogens is 1. The van der Waals surface area contributed by atoms with Gasteiger partial charge in [0.05, 0.1) is 6.26 Å². The van der Waals surface area contributed by atoms with Crippen LogP contribution in [0.15, 0.2) is 57.9 Å². The van der Waals surface area contributed by atoms with Crippen LogP contribution in [-0.2, 0) is 11.3 Å². The Balaban J connectivity index is 1.47. The van der Waals surface area contributed by atoms with Gasteiger partial charge >= 0.3 is 0 Å². The van der Waals surface area contributed by atoms with Crippen molar-refractivity contribution in [2.24, 2.45) is 0 Å². The van der Waals surface area contributed by atoms with Crippen LogP contribution in [0, 0.1) is 0 Å². The summed E-state index contributed by atoms with van der Waals surface area (Å²) >= 11 is 0. The van der Waals surface area contributed by atoms with Crippen LogP contribution < -0.4 is 10.9 Å². The second kappa shape index (κ2) is 7.61. The van der Waals surface area contributed by atoms with Crippen LogP contribution in [0.3, 0.4) is 0 Å². The lowest BCUT2D eigenvalue weighted by Gasteiger charge is -2.06. The highest BCUT2D eigenvalue weighted by molar-refractivity contribution is 5.96. The maximum absolute atomic E-state index is 12.1. The van der Waals surface area contributed by atoms with E-state index in [4.69, 9.17) is 9.15 Å². The third-order valence-electron chi connectivity index (χ3n) is 3.57. The summed E-state index contributed by atoms with van der Waals surface area (Å²) in [6.45, 7) is 1.39. The van der Waals surface area contributed by atoms with E-state index in [1.165, 1.54) is 0 Å². The molecule has 0 fully saturated rings. The number of pyridine rings is 1. The number of carbonyl (C=O) groups excluding carboxylic acids is 1. The Morgan fingerprint density at radius 3 is 2.92 bits per heavy atom. The van der Waals surface area contributed by atoms with E-state index in [0.29, 0.717) is 31.6 Å². The van der Waals surface area contributed by atoms with Gasteiger partial charge in [0.2, 0.25) is 0 Å². The molecule has 0 saturated carbocycles. The van der Waals surface area contributed by atoms with Crippen molar-refractivity contribution < 1.29 is 13.9 Å². The zero-order valence-electron chi connectivity index (χ0n) is 13.1. The third-order valence-corrected chi connectivity index (χ3v) is 3.57. The number of hydrogen-bond acceptors (Lipinski definition) is 4. The molecule has 0 aliphatic carbocycles. The fourth-order valence-electron chi connectivity index (χ4n) is 2.37. The minimum Gasteiger partial charge on any atom is -0.467 e. The fourth-order valence-corrected chi connectivity index (χ4v) is 2.37. The molecule has 0 aliphatic heterocycles. The number of fused-ring (bicyclic) bond motifs is 1. The Kier molecular flexibility index (Phi) is 5.08. The predicted molar refractivity (Wildman–Crippen MR) is 89.9 cm³/mol. The molecule has 24 heavy (non-hydrogen) atoms. The largest absolute Gasteiger partial charge is 0.467 e. The van der Waals surface area contributed by atoms with Gasteiger partial charge in [0.25, 0.3) is 11.5 Å². The lowest BCUT2D eigenvalue weighted by molar-refractivity contribution is 0.0913. The monoisotopic (exact) mass is 326 g/mol. The Morgan fingerprint density at radius 1 is 1.21 bits per heavy atom. The number of benzene rings is 1. The lowest BCUT2D eigenvalue weighted by Crippen LogP contribution is -2.28. The van der Waals surface area contributed by atoms with E-state index in [0.717, 1.165) is 11.1 Å². The second-order valence-electron chi connectivity index (χ2n) is 5.34. The second-order valence-corrected chi connectivity index (χ2v) is 5.34. The molecule has 0 spiro atoms. The highest BCUT2D eigenvalue weighted by Crippen LogP contribution is 2.09. The van der Waals surface area contributed by atoms with Crippen LogP contribution in [0.2, 0.25) is 0 Å². The molecular formula is C18H18N2O4. The van der Waals surface area contributed by atoms with Crippen molar-refractivity contribution in [2.45, 2.75) is 13.0 Å². The number of carbonyl (C=O) groups is 1. The van der Waals surface area contributed by atoms with Crippen LogP contribution in [0.5, 0.6) is 0 Å². The molecule has 124 valence electrons. The number of aromatic amines is 1. The Hall–Kier alpha value is -2.86. The first kappa shape index (κ1) is 16.0. The smallest absolute Gasteiger partial charge is 0.267 e. The third kappa shape index (κ3) is 3.91. The molecule has 2 aromatic heterocycles. The van der Waals surface area contributed by atoms with Gasteiger partial charge in [0.1, 0.15) is 18.1 Å². The quantitative estimate of drug-likeness (QED) is 0.653. The highest BCUT2D eigenvalue weighted by atomic mass is 16.5. The van der Waals surface area contributed by atoms with Crippen molar-refractivity contribution in [3.63, 3.8) is 0 Å². The minimum atomic E-state index is -0.302. The maximum Gasteiger partial charge on any atom is 0.267 e. The standard InChI is InChI=1S/C18H18N2O4/c21-17-15-7-2-1-5-13(15)11-16(20-17)18(22)19-8-4-9-23-12-14-6-3-10-24-14/h1-3,5-7,10-11H,4,8-9,12H2,(H,19,22)(H,20,21). The highest BCUT2D eigenvalue weighted by Gasteiger charge is 2.08. The summed E-state index contributed by atoms with van der Waals surface area (Å²) in [5.41, 5.74) is -0.00441. The molecule has 2 heterocycles. The summed E-state index contributed by atoms with van der Waals surface area (Å²) in [6.07, 6.45) is 2.27. The van der Waals surface area contributed by atoms with Crippen LogP contribution in [0.4, 0.5) is 0 Å². The molecular weight excluding hydrogens is 308 g/mol. The molecule has 6 heteroatoms. The molecule has 6 nitrogen and oxygen atoms in total. The lowest BCUT2D eigenvalue weighted by atomic mass is 10.1. The topological polar surface area (TPSA) is 84.3 Å². The molecule has 1 aromatic carbocycles. The molecule has 1 amide bonds. The van der Waals surface area contributed by atoms with Gasteiger partial charge in [-0.3, -0.25) is 9.59 Å². The first-order valence-electron chi connectivity index (χ1n) is 7.74. The molecule has 0 radical (unpaired) electrons. The minimum absolute atomic E-state index is 0.259. The van der Waals surface area contributed by atoms with Crippen LogP contribution in [0.25, 0.3) is 10.8 Å². The van der Waals surface area contributed by atoms with E-state index >= 15 is 0 Å². The predicted octanol–water partition coefficient (Wildman–Crippen LogP) is 2.46. The average Bonchev–Trinajstić information content (AvgIpc) is 3.11. The van der Waals surface area contributed by atoms with Crippen molar-refractivity contribution in [2.75, 3.05) is 13.2 Å². The summed E-state index contributed by atoms with van der Waals surface area (Å²) in [7, 11) is 0. The number of hydrogen-bond donors (Lipinski definition) is 2. The molecule has 0 unspecified atom stereocenters. The van der Waals surface area contributed by atoms with Gasteiger partial charge in [-0.25, -0.2) is 0 Å². The van der Waals surface area contributed by atoms with Crippen LogP contribution in [0.1, 0.15) is 22.7 Å². The van der Waals surface area contributed by atoms with Gasteiger partial charge in [-0.15, -0.1) is 0 Å². The van der Waals surface area contributed by atoms with Crippen LogP contribution >= 0.6 is 0 Å². The van der Waals surface area contributed by atoms with Gasteiger partial charge in [0.15, 0.2) is 0 Å². The van der Waals surface area contributed by atoms with Gasteiger partial charge in [-0.05, 0) is 36.1 Å². The first-order valence-corrected chi connectivity index (χ1v) is 7.74. The molecule has 2 N–H and O–H groups in total. The average molecular weight is 326 g/mol. The number of amides is 1. The number of furan rings is 1. The summed E-state index contributed by atoms with van der Waals surface area (Å²) in [4.78, 5) is 26.7. The Bertz CT molecular complexity index is 868. The summed E-state index contributed by atoms with van der Waals surface area (Å²) in [5, 5.41) is 4.09. The molecule has 3 rings (SSSR count). The maximum atomic E-state index is 12.1. The van der Waals surface area contributed by atoms with Crippen molar-refractivity contribution in [3.05, 3.63) is 70.5 Å². The summed E-state index contributed by atoms with van der Waals surface area (Å²) in [6, 6.07) is 12.5. The van der Waals surface area contributed by atoms with Gasteiger partial charge in [-0.2, -0.15) is 0 Å². The summed E-state index contributed by atoms with van der Waals surface area (Å²) in [5.74, 6) is 0.469. The fraction of sp³-hybridized carbons (Fsp3) is 0.222. The Labute approximate surface area is 138 Å². The number of aromatic nitrogens is 1. The van der Waals surface area contributed by atoms with Crippen molar-refractivity contribution in [3.8, 4) is 0 Å². The summed E-state index contributed by atoms with van der Waals surface area (Å²) < 4.78 is 10.6. The SMILES string of the molecule is O=C(NCCCOCc1ccco1)c1cc2ccccc2c(=O)[nH]1. The number of nitrogens with one attached hydrogen (secondary N) is 2. The zero-order chi connectivity index (χ0) is 16.8. The van der Waals surface area contributed by atoms with Gasteiger partial charge in [0, 0.05) is 18.5 Å². The van der Waals surface area contributed by atoms with Crippen molar-refractivity contribution in [1.29, 1.82) is 0 Å². The number of ether oxygens (including phenoxy) is 1. The van der Waals surface area contributed by atoms with E-state index in [1.807, 2.05) is 24.3 Å². The normalized spacial score (nSPS) is 10.8. The molecule has 0 bridgehead atoms. The molecule has 0 saturated heterocycles. The van der Waals surface area contributed by atoms with Crippen molar-refractivity contribution in [1.82, 2.24) is 10.3 Å². The van der Waals surface area contributed by atoms with Gasteiger partial charge < -0.3 is 19.5 Å². The number of rotatable bonds is 7. The zero-order valence-corrected chi connectivity index (χ0v) is 13.1. The van der Waals surface area contributed by atoms with E-state index in [2.05, 4.69) is 10.3 Å².